The van der Waals surface area contributed by atoms with E-state index in [-0.39, 0.29) is 10.6 Å². The first-order valence-corrected chi connectivity index (χ1v) is 5.85. The molecular weight excluding hydrogens is 234 g/mol. The van der Waals surface area contributed by atoms with Crippen molar-refractivity contribution in [1.29, 1.82) is 0 Å². The molecule has 1 aromatic carbocycles. The van der Waals surface area contributed by atoms with Crippen molar-refractivity contribution in [2.24, 2.45) is 0 Å². The predicted molar refractivity (Wildman–Crippen MR) is 55.5 cm³/mol. The average Bonchev–Trinajstić information content (AvgIpc) is 2.17. The second-order valence-electron chi connectivity index (χ2n) is 3.18. The molecule has 1 atom stereocenters. The minimum atomic E-state index is -3.86. The Morgan fingerprint density at radius 3 is 2.25 bits per heavy atom. The van der Waals surface area contributed by atoms with Crippen LogP contribution < -0.4 is 4.72 Å². The second-order valence-corrected chi connectivity index (χ2v) is 4.89. The van der Waals surface area contributed by atoms with Crippen molar-refractivity contribution in [3.63, 3.8) is 0 Å². The van der Waals surface area contributed by atoms with E-state index in [9.17, 15) is 13.2 Å². The molecule has 0 unspecified atom stereocenters. The molecule has 6 nitrogen and oxygen atoms in total. The van der Waals surface area contributed by atoms with Crippen molar-refractivity contribution in [2.45, 2.75) is 17.9 Å². The Morgan fingerprint density at radius 1 is 1.31 bits per heavy atom. The maximum absolute atomic E-state index is 11.6. The molecule has 0 amide bonds. The van der Waals surface area contributed by atoms with Crippen molar-refractivity contribution in [1.82, 2.24) is 4.72 Å². The predicted octanol–water partition coefficient (Wildman–Crippen LogP) is 0.144. The fourth-order valence-electron chi connectivity index (χ4n) is 0.976. The van der Waals surface area contributed by atoms with E-state index in [4.69, 9.17) is 10.2 Å². The van der Waals surface area contributed by atoms with Gasteiger partial charge in [0.25, 0.3) is 0 Å². The van der Waals surface area contributed by atoms with Gasteiger partial charge in [-0.1, -0.05) is 0 Å². The van der Waals surface area contributed by atoms with Crippen molar-refractivity contribution >= 4 is 16.0 Å². The zero-order valence-electron chi connectivity index (χ0n) is 8.41. The molecule has 88 valence electrons. The molecule has 0 bridgehead atoms. The van der Waals surface area contributed by atoms with Gasteiger partial charge in [-0.2, -0.15) is 4.72 Å². The second kappa shape index (κ2) is 4.50. The first kappa shape index (κ1) is 12.5. The average molecular weight is 245 g/mol. The number of aromatic hydroxyl groups is 1. The van der Waals surface area contributed by atoms with Gasteiger partial charge >= 0.3 is 5.97 Å². The fourth-order valence-corrected chi connectivity index (χ4v) is 2.17. The Kier molecular flexibility index (Phi) is 3.51. The van der Waals surface area contributed by atoms with Crippen molar-refractivity contribution in [3.8, 4) is 5.75 Å². The molecule has 0 radical (unpaired) electrons. The molecule has 1 aromatic rings. The topological polar surface area (TPSA) is 104 Å². The molecule has 0 aliphatic rings. The van der Waals surface area contributed by atoms with Crippen LogP contribution in [0.4, 0.5) is 0 Å². The molecule has 0 fully saturated rings. The first-order valence-electron chi connectivity index (χ1n) is 4.37. The summed E-state index contributed by atoms with van der Waals surface area (Å²) in [6.45, 7) is 1.22. The van der Waals surface area contributed by atoms with Crippen LogP contribution in [0.1, 0.15) is 6.92 Å². The SMILES string of the molecule is C[C@H](NS(=O)(=O)c1ccc(O)cc1)C(=O)O. The summed E-state index contributed by atoms with van der Waals surface area (Å²) < 4.78 is 25.2. The summed E-state index contributed by atoms with van der Waals surface area (Å²) in [6, 6.07) is 3.58. The van der Waals surface area contributed by atoms with E-state index in [1.807, 2.05) is 4.72 Å². The van der Waals surface area contributed by atoms with Crippen molar-refractivity contribution < 1.29 is 23.4 Å². The lowest BCUT2D eigenvalue weighted by atomic mass is 10.3. The van der Waals surface area contributed by atoms with Crippen LogP contribution in [0, 0.1) is 0 Å². The number of aliphatic carboxylic acids is 1. The van der Waals surface area contributed by atoms with E-state index < -0.39 is 22.0 Å². The van der Waals surface area contributed by atoms with Crippen LogP contribution in [0.3, 0.4) is 0 Å². The quantitative estimate of drug-likeness (QED) is 0.700. The summed E-state index contributed by atoms with van der Waals surface area (Å²) in [4.78, 5) is 10.4. The lowest BCUT2D eigenvalue weighted by Gasteiger charge is -2.09. The monoisotopic (exact) mass is 245 g/mol. The van der Waals surface area contributed by atoms with E-state index in [1.165, 1.54) is 31.2 Å². The highest BCUT2D eigenvalue weighted by Crippen LogP contribution is 2.14. The van der Waals surface area contributed by atoms with E-state index in [0.717, 1.165) is 0 Å². The van der Waals surface area contributed by atoms with Gasteiger partial charge in [-0.15, -0.1) is 0 Å². The number of phenols is 1. The standard InChI is InChI=1S/C9H11NO5S/c1-6(9(12)13)10-16(14,15)8-4-2-7(11)3-5-8/h2-6,10-11H,1H3,(H,12,13)/t6-/m0/s1. The van der Waals surface area contributed by atoms with Crippen LogP contribution in [0.5, 0.6) is 5.75 Å². The Labute approximate surface area is 92.6 Å². The number of carboxylic acid groups (broad SMARTS) is 1. The number of rotatable bonds is 4. The third-order valence-electron chi connectivity index (χ3n) is 1.85. The Bertz CT molecular complexity index is 479. The molecular formula is C9H11NO5S. The smallest absolute Gasteiger partial charge is 0.321 e. The zero-order valence-corrected chi connectivity index (χ0v) is 9.23. The number of phenolic OH excluding ortho intramolecular Hbond substituents is 1. The molecule has 0 heterocycles. The van der Waals surface area contributed by atoms with Crippen LogP contribution in [0.15, 0.2) is 29.2 Å². The van der Waals surface area contributed by atoms with Crippen LogP contribution in [-0.2, 0) is 14.8 Å². The maximum Gasteiger partial charge on any atom is 0.321 e. The number of nitrogens with one attached hydrogen (secondary N) is 1. The Morgan fingerprint density at radius 2 is 1.81 bits per heavy atom. The largest absolute Gasteiger partial charge is 0.508 e. The van der Waals surface area contributed by atoms with Crippen molar-refractivity contribution in [3.05, 3.63) is 24.3 Å². The lowest BCUT2D eigenvalue weighted by Crippen LogP contribution is -2.38. The van der Waals surface area contributed by atoms with Crippen LogP contribution in [0.2, 0.25) is 0 Å². The van der Waals surface area contributed by atoms with Gasteiger partial charge < -0.3 is 10.2 Å². The van der Waals surface area contributed by atoms with E-state index >= 15 is 0 Å². The Balaban J connectivity index is 2.94. The van der Waals surface area contributed by atoms with Crippen LogP contribution >= 0.6 is 0 Å². The summed E-state index contributed by atoms with van der Waals surface area (Å²) in [5.74, 6) is -1.33. The van der Waals surface area contributed by atoms with Gasteiger partial charge in [-0.3, -0.25) is 4.79 Å². The highest BCUT2D eigenvalue weighted by molar-refractivity contribution is 7.89. The lowest BCUT2D eigenvalue weighted by molar-refractivity contribution is -0.138. The van der Waals surface area contributed by atoms with Gasteiger partial charge in [-0.25, -0.2) is 8.42 Å². The third-order valence-corrected chi connectivity index (χ3v) is 3.41. The van der Waals surface area contributed by atoms with E-state index in [2.05, 4.69) is 0 Å². The number of benzene rings is 1. The molecule has 0 saturated heterocycles. The first-order chi connectivity index (χ1) is 7.33. The van der Waals surface area contributed by atoms with Crippen molar-refractivity contribution in [2.75, 3.05) is 0 Å². The molecule has 3 N–H and O–H groups in total. The summed E-state index contributed by atoms with van der Waals surface area (Å²) in [7, 11) is -3.86. The summed E-state index contributed by atoms with van der Waals surface area (Å²) >= 11 is 0. The number of sulfonamides is 1. The molecule has 0 aliphatic heterocycles. The van der Waals surface area contributed by atoms with Gasteiger partial charge in [0.2, 0.25) is 10.0 Å². The van der Waals surface area contributed by atoms with Crippen LogP contribution in [0.25, 0.3) is 0 Å². The molecule has 0 saturated carbocycles. The van der Waals surface area contributed by atoms with Crippen LogP contribution in [-0.4, -0.2) is 30.6 Å². The van der Waals surface area contributed by atoms with Gasteiger partial charge in [0.15, 0.2) is 0 Å². The Hall–Kier alpha value is -1.60. The third kappa shape index (κ3) is 2.94. The van der Waals surface area contributed by atoms with E-state index in [1.54, 1.807) is 0 Å². The summed E-state index contributed by atoms with van der Waals surface area (Å²) in [5, 5.41) is 17.6. The number of hydrogen-bond acceptors (Lipinski definition) is 4. The molecule has 0 spiro atoms. The number of carboxylic acids is 1. The fraction of sp³-hybridized carbons (Fsp3) is 0.222. The maximum atomic E-state index is 11.6. The zero-order chi connectivity index (χ0) is 12.3. The number of hydrogen-bond donors (Lipinski definition) is 3. The molecule has 7 heteroatoms. The highest BCUT2D eigenvalue weighted by atomic mass is 32.2. The minimum Gasteiger partial charge on any atom is -0.508 e. The highest BCUT2D eigenvalue weighted by Gasteiger charge is 2.21. The van der Waals surface area contributed by atoms with Gasteiger partial charge in [-0.05, 0) is 31.2 Å². The minimum absolute atomic E-state index is 0.0646. The summed E-state index contributed by atoms with van der Waals surface area (Å²) in [5.41, 5.74) is 0. The van der Waals surface area contributed by atoms with Gasteiger partial charge in [0.1, 0.15) is 11.8 Å². The molecule has 0 aliphatic carbocycles. The molecule has 16 heavy (non-hydrogen) atoms. The van der Waals surface area contributed by atoms with Gasteiger partial charge in [0, 0.05) is 0 Å². The summed E-state index contributed by atoms with van der Waals surface area (Å²) in [6.07, 6.45) is 0. The van der Waals surface area contributed by atoms with E-state index in [0.29, 0.717) is 0 Å². The molecule has 1 rings (SSSR count). The van der Waals surface area contributed by atoms with Gasteiger partial charge in [0.05, 0.1) is 4.90 Å². The normalized spacial score (nSPS) is 13.3. The molecule has 0 aromatic heterocycles. The number of carbonyl (C=O) groups is 1.